The van der Waals surface area contributed by atoms with Crippen molar-refractivity contribution in [2.24, 2.45) is 0 Å². The third-order valence-electron chi connectivity index (χ3n) is 3.48. The maximum absolute atomic E-state index is 12.1. The van der Waals surface area contributed by atoms with Gasteiger partial charge in [0.15, 0.2) is 5.76 Å². The molecule has 1 heterocycles. The molecule has 2 aromatic carbocycles. The van der Waals surface area contributed by atoms with Gasteiger partial charge in [0.2, 0.25) is 0 Å². The number of hydrogen-bond acceptors (Lipinski definition) is 3. The minimum Gasteiger partial charge on any atom is -0.356 e. The SMILES string of the molecule is CC(C)NC(=O)c1cccc(-c2cc(-c3ccc(Br)cc3)on2)c1. The molecular weight excluding hydrogens is 368 g/mol. The fourth-order valence-corrected chi connectivity index (χ4v) is 2.59. The molecule has 0 aliphatic carbocycles. The Hall–Kier alpha value is -2.40. The van der Waals surface area contributed by atoms with Gasteiger partial charge < -0.3 is 9.84 Å². The largest absolute Gasteiger partial charge is 0.356 e. The molecule has 0 bridgehead atoms. The van der Waals surface area contributed by atoms with Crippen LogP contribution in [0.25, 0.3) is 22.6 Å². The van der Waals surface area contributed by atoms with E-state index in [4.69, 9.17) is 4.52 Å². The van der Waals surface area contributed by atoms with Crippen LogP contribution in [0.4, 0.5) is 0 Å². The molecule has 0 fully saturated rings. The molecule has 0 atom stereocenters. The highest BCUT2D eigenvalue weighted by molar-refractivity contribution is 9.10. The van der Waals surface area contributed by atoms with E-state index in [0.717, 1.165) is 15.6 Å². The van der Waals surface area contributed by atoms with E-state index in [1.807, 2.05) is 62.4 Å². The Bertz CT molecular complexity index is 854. The van der Waals surface area contributed by atoms with Crippen molar-refractivity contribution in [2.75, 3.05) is 0 Å². The summed E-state index contributed by atoms with van der Waals surface area (Å²) in [4.78, 5) is 12.1. The van der Waals surface area contributed by atoms with E-state index >= 15 is 0 Å². The summed E-state index contributed by atoms with van der Waals surface area (Å²) < 4.78 is 6.45. The van der Waals surface area contributed by atoms with E-state index in [2.05, 4.69) is 26.4 Å². The van der Waals surface area contributed by atoms with Gasteiger partial charge in [0.1, 0.15) is 5.69 Å². The summed E-state index contributed by atoms with van der Waals surface area (Å²) in [6, 6.07) is 17.2. The normalized spacial score (nSPS) is 10.8. The van der Waals surface area contributed by atoms with Crippen LogP contribution in [-0.2, 0) is 0 Å². The first-order chi connectivity index (χ1) is 11.5. The van der Waals surface area contributed by atoms with Crippen molar-refractivity contribution in [2.45, 2.75) is 19.9 Å². The lowest BCUT2D eigenvalue weighted by molar-refractivity contribution is 0.0943. The van der Waals surface area contributed by atoms with Crippen molar-refractivity contribution in [3.8, 4) is 22.6 Å². The molecule has 24 heavy (non-hydrogen) atoms. The predicted octanol–water partition coefficient (Wildman–Crippen LogP) is 4.91. The predicted molar refractivity (Wildman–Crippen MR) is 97.7 cm³/mol. The number of benzene rings is 2. The molecular formula is C19H17BrN2O2. The van der Waals surface area contributed by atoms with E-state index in [1.165, 1.54) is 0 Å². The second-order valence-corrected chi connectivity index (χ2v) is 6.71. The highest BCUT2D eigenvalue weighted by Gasteiger charge is 2.12. The van der Waals surface area contributed by atoms with Crippen LogP contribution in [0.3, 0.4) is 0 Å². The zero-order valence-corrected chi connectivity index (χ0v) is 15.0. The van der Waals surface area contributed by atoms with Crippen LogP contribution in [0.1, 0.15) is 24.2 Å². The van der Waals surface area contributed by atoms with Gasteiger partial charge in [-0.3, -0.25) is 4.79 Å². The van der Waals surface area contributed by atoms with E-state index in [-0.39, 0.29) is 11.9 Å². The number of nitrogens with one attached hydrogen (secondary N) is 1. The Morgan fingerprint density at radius 3 is 2.54 bits per heavy atom. The van der Waals surface area contributed by atoms with Crippen LogP contribution < -0.4 is 5.32 Å². The van der Waals surface area contributed by atoms with Crippen molar-refractivity contribution in [3.63, 3.8) is 0 Å². The quantitative estimate of drug-likeness (QED) is 0.694. The standard InChI is InChI=1S/C19H17BrN2O2/c1-12(2)21-19(23)15-5-3-4-14(10-15)17-11-18(24-22-17)13-6-8-16(20)9-7-13/h3-12H,1-2H3,(H,21,23). The lowest BCUT2D eigenvalue weighted by atomic mass is 10.1. The lowest BCUT2D eigenvalue weighted by Gasteiger charge is -2.08. The first kappa shape index (κ1) is 16.5. The average Bonchev–Trinajstić information content (AvgIpc) is 3.05. The highest BCUT2D eigenvalue weighted by Crippen LogP contribution is 2.27. The van der Waals surface area contributed by atoms with Gasteiger partial charge in [-0.1, -0.05) is 45.4 Å². The monoisotopic (exact) mass is 384 g/mol. The fraction of sp³-hybridized carbons (Fsp3) is 0.158. The molecule has 0 aliphatic rings. The van der Waals surface area contributed by atoms with Gasteiger partial charge in [0.05, 0.1) is 0 Å². The fourth-order valence-electron chi connectivity index (χ4n) is 2.33. The zero-order valence-electron chi connectivity index (χ0n) is 13.4. The van der Waals surface area contributed by atoms with Gasteiger partial charge in [-0.2, -0.15) is 0 Å². The Labute approximate surface area is 149 Å². The van der Waals surface area contributed by atoms with Crippen molar-refractivity contribution >= 4 is 21.8 Å². The number of amides is 1. The number of halogens is 1. The van der Waals surface area contributed by atoms with E-state index in [9.17, 15) is 4.79 Å². The molecule has 0 spiro atoms. The first-order valence-electron chi connectivity index (χ1n) is 7.67. The summed E-state index contributed by atoms with van der Waals surface area (Å²) in [5.41, 5.74) is 3.10. The van der Waals surface area contributed by atoms with Crippen LogP contribution in [-0.4, -0.2) is 17.1 Å². The first-order valence-corrected chi connectivity index (χ1v) is 8.46. The molecule has 122 valence electrons. The molecule has 5 heteroatoms. The molecule has 0 unspecified atom stereocenters. The number of carbonyl (C=O) groups excluding carboxylic acids is 1. The molecule has 3 aromatic rings. The van der Waals surface area contributed by atoms with Crippen LogP contribution in [0.15, 0.2) is 63.6 Å². The zero-order chi connectivity index (χ0) is 17.1. The van der Waals surface area contributed by atoms with Gasteiger partial charge >= 0.3 is 0 Å². The summed E-state index contributed by atoms with van der Waals surface area (Å²) in [6.07, 6.45) is 0. The molecule has 0 saturated carbocycles. The summed E-state index contributed by atoms with van der Waals surface area (Å²) in [6.45, 7) is 3.87. The number of aromatic nitrogens is 1. The van der Waals surface area contributed by atoms with Crippen LogP contribution in [0.2, 0.25) is 0 Å². The lowest BCUT2D eigenvalue weighted by Crippen LogP contribution is -2.30. The Kier molecular flexibility index (Phi) is 4.81. The van der Waals surface area contributed by atoms with Gasteiger partial charge in [0, 0.05) is 33.3 Å². The third kappa shape index (κ3) is 3.74. The van der Waals surface area contributed by atoms with Gasteiger partial charge in [0.25, 0.3) is 5.91 Å². The number of nitrogens with zero attached hydrogens (tertiary/aromatic N) is 1. The Balaban J connectivity index is 1.87. The highest BCUT2D eigenvalue weighted by atomic mass is 79.9. The van der Waals surface area contributed by atoms with E-state index < -0.39 is 0 Å². The molecule has 4 nitrogen and oxygen atoms in total. The van der Waals surface area contributed by atoms with Crippen molar-refractivity contribution in [3.05, 3.63) is 64.6 Å². The minimum atomic E-state index is -0.0940. The van der Waals surface area contributed by atoms with Crippen LogP contribution >= 0.6 is 15.9 Å². The molecule has 0 radical (unpaired) electrons. The van der Waals surface area contributed by atoms with Gasteiger partial charge in [-0.25, -0.2) is 0 Å². The maximum Gasteiger partial charge on any atom is 0.251 e. The third-order valence-corrected chi connectivity index (χ3v) is 4.01. The van der Waals surface area contributed by atoms with Crippen molar-refractivity contribution in [1.82, 2.24) is 10.5 Å². The molecule has 1 aromatic heterocycles. The van der Waals surface area contributed by atoms with Crippen molar-refractivity contribution in [1.29, 1.82) is 0 Å². The average molecular weight is 385 g/mol. The Morgan fingerprint density at radius 2 is 1.83 bits per heavy atom. The van der Waals surface area contributed by atoms with Crippen LogP contribution in [0, 0.1) is 0 Å². The topological polar surface area (TPSA) is 55.1 Å². The summed E-state index contributed by atoms with van der Waals surface area (Å²) in [7, 11) is 0. The van der Waals surface area contributed by atoms with Crippen molar-refractivity contribution < 1.29 is 9.32 Å². The second-order valence-electron chi connectivity index (χ2n) is 5.79. The molecule has 0 saturated heterocycles. The maximum atomic E-state index is 12.1. The summed E-state index contributed by atoms with van der Waals surface area (Å²) in [5.74, 6) is 0.595. The number of rotatable bonds is 4. The van der Waals surface area contributed by atoms with Gasteiger partial charge in [-0.05, 0) is 38.1 Å². The number of carbonyl (C=O) groups is 1. The van der Waals surface area contributed by atoms with Crippen LogP contribution in [0.5, 0.6) is 0 Å². The second kappa shape index (κ2) is 7.01. The molecule has 0 aliphatic heterocycles. The number of hydrogen-bond donors (Lipinski definition) is 1. The Morgan fingerprint density at radius 1 is 1.08 bits per heavy atom. The summed E-state index contributed by atoms with van der Waals surface area (Å²) in [5, 5.41) is 7.02. The smallest absolute Gasteiger partial charge is 0.251 e. The van der Waals surface area contributed by atoms with Gasteiger partial charge in [-0.15, -0.1) is 0 Å². The molecule has 1 amide bonds. The molecule has 3 rings (SSSR count). The van der Waals surface area contributed by atoms with E-state index in [1.54, 1.807) is 6.07 Å². The summed E-state index contributed by atoms with van der Waals surface area (Å²) >= 11 is 3.41. The minimum absolute atomic E-state index is 0.0940. The van der Waals surface area contributed by atoms with E-state index in [0.29, 0.717) is 17.0 Å². The molecule has 1 N–H and O–H groups in total.